The number of fused-ring (bicyclic) bond motifs is 1. The highest BCUT2D eigenvalue weighted by Gasteiger charge is 2.41. The highest BCUT2D eigenvalue weighted by Crippen LogP contribution is 2.42. The molecule has 3 aromatic rings. The van der Waals surface area contributed by atoms with Crippen molar-refractivity contribution in [3.8, 4) is 11.8 Å². The lowest BCUT2D eigenvalue weighted by Crippen LogP contribution is -2.34. The number of rotatable bonds is 3. The van der Waals surface area contributed by atoms with E-state index in [1.807, 2.05) is 12.1 Å². The molecule has 2 heterocycles. The lowest BCUT2D eigenvalue weighted by Gasteiger charge is -2.28. The molecule has 0 spiro atoms. The highest BCUT2D eigenvalue weighted by atomic mass is 35.5. The number of benzene rings is 2. The van der Waals surface area contributed by atoms with Gasteiger partial charge in [-0.1, -0.05) is 23.7 Å². The van der Waals surface area contributed by atoms with Gasteiger partial charge in [0.1, 0.15) is 17.5 Å². The third-order valence-electron chi connectivity index (χ3n) is 5.17. The molecular formula is C22H17ClN4O3. The van der Waals surface area contributed by atoms with Gasteiger partial charge in [-0.2, -0.15) is 15.0 Å². The number of aromatic nitrogens is 2. The average molecular weight is 421 g/mol. The number of nitriles is 1. The Labute approximate surface area is 177 Å². The van der Waals surface area contributed by atoms with Crippen molar-refractivity contribution in [1.29, 1.82) is 5.26 Å². The topological polar surface area (TPSA) is 97.0 Å². The summed E-state index contributed by atoms with van der Waals surface area (Å²) in [5, 5.41) is 17.3. The quantitative estimate of drug-likeness (QED) is 0.695. The number of hydrogen-bond acceptors (Lipinski definition) is 5. The smallest absolute Gasteiger partial charge is 0.280 e. The first-order valence-electron chi connectivity index (χ1n) is 9.18. The summed E-state index contributed by atoms with van der Waals surface area (Å²) in [5.41, 5.74) is 2.35. The van der Waals surface area contributed by atoms with Crippen LogP contribution in [0.15, 0.2) is 48.5 Å². The van der Waals surface area contributed by atoms with Gasteiger partial charge in [-0.3, -0.25) is 9.59 Å². The maximum Gasteiger partial charge on any atom is 0.280 e. The first-order valence-corrected chi connectivity index (χ1v) is 9.56. The molecule has 30 heavy (non-hydrogen) atoms. The molecule has 1 amide bonds. The number of hydrogen-bond donors (Lipinski definition) is 1. The number of ether oxygens (including phenoxy) is 1. The molecule has 2 atom stereocenters. The molecule has 0 aliphatic carbocycles. The van der Waals surface area contributed by atoms with E-state index >= 15 is 0 Å². The van der Waals surface area contributed by atoms with Gasteiger partial charge in [-0.05, 0) is 48.9 Å². The second-order valence-corrected chi connectivity index (χ2v) is 7.35. The Morgan fingerprint density at radius 3 is 2.47 bits per heavy atom. The minimum Gasteiger partial charge on any atom is -0.497 e. The molecule has 0 saturated heterocycles. The van der Waals surface area contributed by atoms with Crippen LogP contribution >= 0.6 is 11.6 Å². The summed E-state index contributed by atoms with van der Waals surface area (Å²) in [5.74, 6) is -1.44. The van der Waals surface area contributed by atoms with Crippen LogP contribution in [0.25, 0.3) is 0 Å². The lowest BCUT2D eigenvalue weighted by atomic mass is 9.78. The van der Waals surface area contributed by atoms with Crippen LogP contribution < -0.4 is 10.1 Å². The van der Waals surface area contributed by atoms with Gasteiger partial charge in [0, 0.05) is 22.1 Å². The maximum atomic E-state index is 13.1. The van der Waals surface area contributed by atoms with Crippen molar-refractivity contribution in [1.82, 2.24) is 9.78 Å². The fraction of sp³-hybridized carbons (Fsp3) is 0.182. The molecule has 1 aliphatic heterocycles. The van der Waals surface area contributed by atoms with Crippen LogP contribution in [0.2, 0.25) is 5.02 Å². The number of methoxy groups -OCH3 is 1. The molecular weight excluding hydrogens is 404 g/mol. The number of carbonyl (C=O) groups excluding carboxylic acids is 2. The van der Waals surface area contributed by atoms with Crippen LogP contribution in [0, 0.1) is 24.2 Å². The number of anilines is 1. The molecule has 0 fully saturated rings. The molecule has 2 unspecified atom stereocenters. The van der Waals surface area contributed by atoms with E-state index in [9.17, 15) is 14.9 Å². The number of nitrogens with one attached hydrogen (secondary N) is 1. The molecule has 2 aromatic carbocycles. The third kappa shape index (κ3) is 3.21. The Morgan fingerprint density at radius 2 is 1.87 bits per heavy atom. The summed E-state index contributed by atoms with van der Waals surface area (Å²) in [6.07, 6.45) is 0. The van der Waals surface area contributed by atoms with E-state index in [0.717, 1.165) is 5.56 Å². The molecule has 7 nitrogen and oxygen atoms in total. The van der Waals surface area contributed by atoms with E-state index in [4.69, 9.17) is 16.3 Å². The third-order valence-corrected chi connectivity index (χ3v) is 5.42. The summed E-state index contributed by atoms with van der Waals surface area (Å²) in [7, 11) is 1.57. The number of halogens is 1. The molecule has 8 heteroatoms. The summed E-state index contributed by atoms with van der Waals surface area (Å²) in [6.45, 7) is 1.76. The molecule has 1 aliphatic rings. The van der Waals surface area contributed by atoms with Gasteiger partial charge in [0.25, 0.3) is 5.91 Å². The zero-order valence-corrected chi connectivity index (χ0v) is 17.0. The number of carbonyl (C=O) groups is 2. The van der Waals surface area contributed by atoms with Crippen LogP contribution in [0.1, 0.15) is 33.1 Å². The second kappa shape index (κ2) is 7.65. The molecule has 4 rings (SSSR count). The predicted octanol–water partition coefficient (Wildman–Crippen LogP) is 3.77. The minimum atomic E-state index is -0.951. The lowest BCUT2D eigenvalue weighted by molar-refractivity contribution is -0.119. The van der Waals surface area contributed by atoms with Crippen molar-refractivity contribution in [3.63, 3.8) is 0 Å². The largest absolute Gasteiger partial charge is 0.497 e. The Balaban J connectivity index is 1.85. The van der Waals surface area contributed by atoms with Crippen molar-refractivity contribution in [2.45, 2.75) is 12.8 Å². The summed E-state index contributed by atoms with van der Waals surface area (Å²) < 4.78 is 6.38. The molecule has 150 valence electrons. The van der Waals surface area contributed by atoms with Crippen molar-refractivity contribution in [2.24, 2.45) is 5.92 Å². The van der Waals surface area contributed by atoms with Crippen LogP contribution in [-0.4, -0.2) is 28.7 Å². The van der Waals surface area contributed by atoms with Crippen LogP contribution in [-0.2, 0) is 4.79 Å². The van der Waals surface area contributed by atoms with Crippen LogP contribution in [0.3, 0.4) is 0 Å². The van der Waals surface area contributed by atoms with Crippen molar-refractivity contribution >= 4 is 29.2 Å². The summed E-state index contributed by atoms with van der Waals surface area (Å²) in [4.78, 5) is 25.8. The van der Waals surface area contributed by atoms with E-state index in [-0.39, 0.29) is 5.82 Å². The second-order valence-electron chi connectivity index (χ2n) is 6.92. The van der Waals surface area contributed by atoms with Gasteiger partial charge < -0.3 is 10.1 Å². The Kier molecular flexibility index (Phi) is 5.02. The maximum absolute atomic E-state index is 13.1. The van der Waals surface area contributed by atoms with Gasteiger partial charge in [0.15, 0.2) is 0 Å². The van der Waals surface area contributed by atoms with Gasteiger partial charge in [0.2, 0.25) is 5.91 Å². The van der Waals surface area contributed by atoms with Crippen LogP contribution in [0.5, 0.6) is 5.75 Å². The Bertz CT molecular complexity index is 1180. The monoisotopic (exact) mass is 420 g/mol. The molecule has 0 radical (unpaired) electrons. The predicted molar refractivity (Wildman–Crippen MR) is 111 cm³/mol. The van der Waals surface area contributed by atoms with E-state index in [2.05, 4.69) is 16.5 Å². The summed E-state index contributed by atoms with van der Waals surface area (Å²) >= 11 is 5.91. The summed E-state index contributed by atoms with van der Waals surface area (Å²) in [6, 6.07) is 15.7. The Hall–Kier alpha value is -3.63. The van der Waals surface area contributed by atoms with Crippen molar-refractivity contribution in [2.75, 3.05) is 12.4 Å². The van der Waals surface area contributed by atoms with Crippen LogP contribution in [0.4, 0.5) is 5.82 Å². The molecule has 0 bridgehead atoms. The zero-order chi connectivity index (χ0) is 21.4. The minimum absolute atomic E-state index is 0.282. The van der Waals surface area contributed by atoms with Gasteiger partial charge in [0.05, 0.1) is 18.9 Å². The SMILES string of the molecule is COc1ccc(C2c3c(C)nn(C(=O)c4ccc(Cl)cc4)c3NC(=O)C2C#N)cc1. The van der Waals surface area contributed by atoms with Crippen molar-refractivity contribution in [3.05, 3.63) is 75.9 Å². The zero-order valence-electron chi connectivity index (χ0n) is 16.2. The fourth-order valence-corrected chi connectivity index (χ4v) is 3.84. The van der Waals surface area contributed by atoms with E-state index in [0.29, 0.717) is 27.6 Å². The fourth-order valence-electron chi connectivity index (χ4n) is 3.71. The number of nitrogens with zero attached hydrogens (tertiary/aromatic N) is 3. The first kappa shape index (κ1) is 19.7. The van der Waals surface area contributed by atoms with E-state index in [1.54, 1.807) is 50.4 Å². The first-order chi connectivity index (χ1) is 14.4. The van der Waals surface area contributed by atoms with Crippen molar-refractivity contribution < 1.29 is 14.3 Å². The molecule has 0 saturated carbocycles. The highest BCUT2D eigenvalue weighted by molar-refractivity contribution is 6.30. The van der Waals surface area contributed by atoms with Gasteiger partial charge >= 0.3 is 0 Å². The molecule has 1 N–H and O–H groups in total. The normalized spacial score (nSPS) is 17.6. The Morgan fingerprint density at radius 1 is 1.20 bits per heavy atom. The van der Waals surface area contributed by atoms with Gasteiger partial charge in [-0.25, -0.2) is 0 Å². The van der Waals surface area contributed by atoms with E-state index in [1.165, 1.54) is 4.68 Å². The number of aryl methyl sites for hydroxylation is 1. The number of amides is 1. The molecule has 1 aromatic heterocycles. The van der Waals surface area contributed by atoms with E-state index < -0.39 is 23.7 Å². The standard InChI is InChI=1S/C22H17ClN4O3/c1-12-18-19(13-5-9-16(30-2)10-6-13)17(11-24)21(28)25-20(18)27(26-12)22(29)14-3-7-15(23)8-4-14/h3-10,17,19H,1-2H3,(H,25,28). The average Bonchev–Trinajstić information content (AvgIpc) is 3.08. The van der Waals surface area contributed by atoms with Gasteiger partial charge in [-0.15, -0.1) is 0 Å².